The summed E-state index contributed by atoms with van der Waals surface area (Å²) in [5.74, 6) is -1.54. The molecule has 0 aliphatic heterocycles. The molecule has 1 aromatic heterocycles. The third-order valence-corrected chi connectivity index (χ3v) is 2.53. The van der Waals surface area contributed by atoms with E-state index in [4.69, 9.17) is 5.11 Å². The summed E-state index contributed by atoms with van der Waals surface area (Å²) in [5.41, 5.74) is 0. The first-order valence-corrected chi connectivity index (χ1v) is 5.45. The second kappa shape index (κ2) is 5.47. The molecule has 2 atom stereocenters. The average molecular weight is 239 g/mol. The van der Waals surface area contributed by atoms with E-state index in [1.54, 1.807) is 39.2 Å². The Balaban J connectivity index is 2.68. The number of hydrogen-bond donors (Lipinski definition) is 2. The maximum absolute atomic E-state index is 11.8. The molecule has 1 rings (SSSR count). The first kappa shape index (κ1) is 13.2. The van der Waals surface area contributed by atoms with E-state index in [2.05, 4.69) is 10.4 Å². The van der Waals surface area contributed by atoms with Crippen molar-refractivity contribution in [2.75, 3.05) is 0 Å². The van der Waals surface area contributed by atoms with Crippen LogP contribution >= 0.6 is 0 Å². The molecule has 0 saturated carbocycles. The Hall–Kier alpha value is -1.85. The van der Waals surface area contributed by atoms with Gasteiger partial charge in [0.25, 0.3) is 0 Å². The highest BCUT2D eigenvalue weighted by molar-refractivity contribution is 5.85. The molecule has 94 valence electrons. The number of aromatic nitrogens is 2. The molecule has 6 nitrogen and oxygen atoms in total. The van der Waals surface area contributed by atoms with Gasteiger partial charge < -0.3 is 10.4 Å². The second-order valence-electron chi connectivity index (χ2n) is 4.23. The monoisotopic (exact) mass is 239 g/mol. The molecule has 0 radical (unpaired) electrons. The maximum Gasteiger partial charge on any atom is 0.326 e. The van der Waals surface area contributed by atoms with Crippen LogP contribution in [0.4, 0.5) is 0 Å². The summed E-state index contributed by atoms with van der Waals surface area (Å²) < 4.78 is 1.48. The third kappa shape index (κ3) is 3.30. The fourth-order valence-electron chi connectivity index (χ4n) is 1.42. The lowest BCUT2D eigenvalue weighted by molar-refractivity contribution is -0.143. The predicted molar refractivity (Wildman–Crippen MR) is 61.3 cm³/mol. The Bertz CT molecular complexity index is 387. The van der Waals surface area contributed by atoms with Crippen LogP contribution in [0.15, 0.2) is 18.5 Å². The number of nitrogens with zero attached hydrogens (tertiary/aromatic N) is 2. The number of carboxylic acid groups (broad SMARTS) is 1. The van der Waals surface area contributed by atoms with E-state index >= 15 is 0 Å². The van der Waals surface area contributed by atoms with E-state index in [1.165, 1.54) is 4.68 Å². The molecule has 0 saturated heterocycles. The van der Waals surface area contributed by atoms with Gasteiger partial charge in [-0.15, -0.1) is 0 Å². The minimum Gasteiger partial charge on any atom is -0.480 e. The lowest BCUT2D eigenvalue weighted by Crippen LogP contribution is -2.46. The summed E-state index contributed by atoms with van der Waals surface area (Å²) in [5, 5.41) is 15.4. The van der Waals surface area contributed by atoms with Gasteiger partial charge in [0, 0.05) is 12.4 Å². The van der Waals surface area contributed by atoms with E-state index in [9.17, 15) is 9.59 Å². The quantitative estimate of drug-likeness (QED) is 0.791. The molecule has 0 aliphatic rings. The van der Waals surface area contributed by atoms with Gasteiger partial charge in [0.1, 0.15) is 12.1 Å². The van der Waals surface area contributed by atoms with Gasteiger partial charge in [-0.2, -0.15) is 5.10 Å². The van der Waals surface area contributed by atoms with Gasteiger partial charge >= 0.3 is 5.97 Å². The van der Waals surface area contributed by atoms with Gasteiger partial charge in [-0.05, 0) is 18.9 Å². The van der Waals surface area contributed by atoms with Crippen molar-refractivity contribution in [3.8, 4) is 0 Å². The largest absolute Gasteiger partial charge is 0.480 e. The van der Waals surface area contributed by atoms with Gasteiger partial charge in [-0.3, -0.25) is 9.48 Å². The number of nitrogens with one attached hydrogen (secondary N) is 1. The van der Waals surface area contributed by atoms with Crippen molar-refractivity contribution in [3.63, 3.8) is 0 Å². The molecular weight excluding hydrogens is 222 g/mol. The molecule has 1 heterocycles. The number of aliphatic carboxylic acids is 1. The molecule has 0 fully saturated rings. The van der Waals surface area contributed by atoms with Crippen LogP contribution in [0.1, 0.15) is 26.8 Å². The molecular formula is C11H17N3O3. The summed E-state index contributed by atoms with van der Waals surface area (Å²) in [6.45, 7) is 5.16. The van der Waals surface area contributed by atoms with Crippen LogP contribution in [-0.4, -0.2) is 32.8 Å². The molecule has 1 unspecified atom stereocenters. The minimum atomic E-state index is -1.03. The first-order chi connectivity index (χ1) is 7.93. The van der Waals surface area contributed by atoms with Crippen LogP contribution in [0.3, 0.4) is 0 Å². The summed E-state index contributed by atoms with van der Waals surface area (Å²) >= 11 is 0. The Morgan fingerprint density at radius 1 is 1.35 bits per heavy atom. The Morgan fingerprint density at radius 3 is 2.41 bits per heavy atom. The van der Waals surface area contributed by atoms with E-state index in [-0.39, 0.29) is 11.8 Å². The first-order valence-electron chi connectivity index (χ1n) is 5.45. The van der Waals surface area contributed by atoms with Crippen molar-refractivity contribution in [1.29, 1.82) is 0 Å². The lowest BCUT2D eigenvalue weighted by atomic mass is 10.0. The van der Waals surface area contributed by atoms with Gasteiger partial charge in [0.2, 0.25) is 5.91 Å². The van der Waals surface area contributed by atoms with Crippen molar-refractivity contribution in [2.45, 2.75) is 32.9 Å². The fraction of sp³-hybridized carbons (Fsp3) is 0.545. The molecule has 0 aromatic carbocycles. The number of carboxylic acids is 1. The number of carbonyl (C=O) groups excluding carboxylic acids is 1. The zero-order valence-corrected chi connectivity index (χ0v) is 10.1. The summed E-state index contributed by atoms with van der Waals surface area (Å²) in [7, 11) is 0. The normalized spacial score (nSPS) is 14.4. The topological polar surface area (TPSA) is 84.2 Å². The maximum atomic E-state index is 11.8. The Morgan fingerprint density at radius 2 is 2.00 bits per heavy atom. The predicted octanol–water partition coefficient (Wildman–Crippen LogP) is 0.669. The van der Waals surface area contributed by atoms with E-state index < -0.39 is 18.1 Å². The molecule has 2 N–H and O–H groups in total. The summed E-state index contributed by atoms with van der Waals surface area (Å²) in [4.78, 5) is 22.8. The molecule has 0 spiro atoms. The molecule has 0 aliphatic carbocycles. The van der Waals surface area contributed by atoms with Crippen LogP contribution in [-0.2, 0) is 9.59 Å². The van der Waals surface area contributed by atoms with Crippen LogP contribution in [0, 0.1) is 5.92 Å². The van der Waals surface area contributed by atoms with Crippen LogP contribution in [0.2, 0.25) is 0 Å². The van der Waals surface area contributed by atoms with Gasteiger partial charge in [0.05, 0.1) is 0 Å². The number of amides is 1. The van der Waals surface area contributed by atoms with E-state index in [0.717, 1.165) is 0 Å². The van der Waals surface area contributed by atoms with Gasteiger partial charge in [-0.1, -0.05) is 13.8 Å². The summed E-state index contributed by atoms with van der Waals surface area (Å²) in [6, 6.07) is 0.312. The van der Waals surface area contributed by atoms with Crippen molar-refractivity contribution in [2.24, 2.45) is 5.92 Å². The highest BCUT2D eigenvalue weighted by Crippen LogP contribution is 2.07. The molecule has 1 amide bonds. The fourth-order valence-corrected chi connectivity index (χ4v) is 1.42. The molecule has 0 bridgehead atoms. The molecule has 1 aromatic rings. The third-order valence-electron chi connectivity index (χ3n) is 2.53. The number of hydrogen-bond acceptors (Lipinski definition) is 3. The van der Waals surface area contributed by atoms with Crippen molar-refractivity contribution >= 4 is 11.9 Å². The number of carbonyl (C=O) groups is 2. The molecule has 17 heavy (non-hydrogen) atoms. The summed E-state index contributed by atoms with van der Waals surface area (Å²) in [6.07, 6.45) is 3.23. The van der Waals surface area contributed by atoms with E-state index in [1.807, 2.05) is 0 Å². The van der Waals surface area contributed by atoms with Crippen molar-refractivity contribution in [1.82, 2.24) is 15.1 Å². The highest BCUT2D eigenvalue weighted by atomic mass is 16.4. The van der Waals surface area contributed by atoms with Gasteiger partial charge in [-0.25, -0.2) is 4.79 Å². The second-order valence-corrected chi connectivity index (χ2v) is 4.23. The Labute approximate surface area is 99.6 Å². The zero-order valence-electron chi connectivity index (χ0n) is 10.1. The van der Waals surface area contributed by atoms with Crippen LogP contribution < -0.4 is 5.32 Å². The van der Waals surface area contributed by atoms with Gasteiger partial charge in [0.15, 0.2) is 0 Å². The average Bonchev–Trinajstić information content (AvgIpc) is 2.76. The zero-order chi connectivity index (χ0) is 13.0. The van der Waals surface area contributed by atoms with Crippen LogP contribution in [0.25, 0.3) is 0 Å². The van der Waals surface area contributed by atoms with Crippen molar-refractivity contribution in [3.05, 3.63) is 18.5 Å². The molecule has 6 heteroatoms. The van der Waals surface area contributed by atoms with Crippen LogP contribution in [0.5, 0.6) is 0 Å². The Kier molecular flexibility index (Phi) is 4.25. The number of rotatable bonds is 5. The van der Waals surface area contributed by atoms with E-state index in [0.29, 0.717) is 0 Å². The minimum absolute atomic E-state index is 0.165. The van der Waals surface area contributed by atoms with Crippen molar-refractivity contribution < 1.29 is 14.7 Å². The highest BCUT2D eigenvalue weighted by Gasteiger charge is 2.26. The standard InChI is InChI=1S/C11H17N3O3/c1-7(2)9(11(16)17)13-10(15)8(3)14-6-4-5-12-14/h4-9H,1-3H3,(H,13,15)(H,16,17)/t8?,9-/m1/s1. The lowest BCUT2D eigenvalue weighted by Gasteiger charge is -2.20. The SMILES string of the molecule is CC(C)[C@@H](NC(=O)C(C)n1cccn1)C(=O)O. The smallest absolute Gasteiger partial charge is 0.326 e.